The van der Waals surface area contributed by atoms with Crippen LogP contribution < -0.4 is 5.43 Å². The summed E-state index contributed by atoms with van der Waals surface area (Å²) in [6.07, 6.45) is 3.18. The van der Waals surface area contributed by atoms with E-state index in [1.807, 2.05) is 24.3 Å². The van der Waals surface area contributed by atoms with Crippen LogP contribution in [0.25, 0.3) is 21.8 Å². The Labute approximate surface area is 125 Å². The Morgan fingerprint density at radius 2 is 1.67 bits per heavy atom. The number of aromatic nitrogens is 1. The van der Waals surface area contributed by atoms with E-state index in [0.717, 1.165) is 47.6 Å². The van der Waals surface area contributed by atoms with Gasteiger partial charge in [-0.05, 0) is 42.7 Å². The predicted molar refractivity (Wildman–Crippen MR) is 90.0 cm³/mol. The summed E-state index contributed by atoms with van der Waals surface area (Å²) < 4.78 is 2.28. The number of hydrogen-bond acceptors (Lipinski definition) is 1. The Balaban J connectivity index is 2.42. The minimum Gasteiger partial charge on any atom is -0.340 e. The molecule has 0 aliphatic rings. The molecule has 0 fully saturated rings. The first kappa shape index (κ1) is 13.9. The fraction of sp³-hybridized carbons (Fsp3) is 0.316. The number of fused-ring (bicyclic) bond motifs is 2. The molecule has 0 aliphatic heterocycles. The van der Waals surface area contributed by atoms with Crippen molar-refractivity contribution in [1.29, 1.82) is 0 Å². The third-order valence-corrected chi connectivity index (χ3v) is 4.02. The lowest BCUT2D eigenvalue weighted by Crippen LogP contribution is -2.11. The van der Waals surface area contributed by atoms with Crippen molar-refractivity contribution in [3.8, 4) is 0 Å². The maximum atomic E-state index is 12.8. The molecule has 108 valence electrons. The average molecular weight is 279 g/mol. The van der Waals surface area contributed by atoms with Gasteiger partial charge in [0.2, 0.25) is 0 Å². The number of aryl methyl sites for hydroxylation is 2. The summed E-state index contributed by atoms with van der Waals surface area (Å²) in [6, 6.07) is 14.3. The zero-order chi connectivity index (χ0) is 14.8. The summed E-state index contributed by atoms with van der Waals surface area (Å²) >= 11 is 0. The molecule has 0 saturated heterocycles. The Hall–Kier alpha value is -2.09. The lowest BCUT2D eigenvalue weighted by atomic mass is 10.0. The zero-order valence-electron chi connectivity index (χ0n) is 12.7. The summed E-state index contributed by atoms with van der Waals surface area (Å²) in [5.41, 5.74) is 3.51. The van der Waals surface area contributed by atoms with Gasteiger partial charge in [-0.3, -0.25) is 4.79 Å². The van der Waals surface area contributed by atoms with Crippen LogP contribution in [0.3, 0.4) is 0 Å². The van der Waals surface area contributed by atoms with Gasteiger partial charge in [0.15, 0.2) is 5.43 Å². The first-order valence-electron chi connectivity index (χ1n) is 7.80. The van der Waals surface area contributed by atoms with Crippen molar-refractivity contribution in [2.45, 2.75) is 39.7 Å². The molecule has 1 heterocycles. The second-order valence-electron chi connectivity index (χ2n) is 5.60. The van der Waals surface area contributed by atoms with Crippen molar-refractivity contribution in [2.24, 2.45) is 0 Å². The molecular weight excluding hydrogens is 258 g/mol. The second kappa shape index (κ2) is 5.72. The highest BCUT2D eigenvalue weighted by atomic mass is 16.1. The van der Waals surface area contributed by atoms with Crippen molar-refractivity contribution in [3.63, 3.8) is 0 Å². The number of pyridine rings is 1. The van der Waals surface area contributed by atoms with Gasteiger partial charge in [-0.2, -0.15) is 0 Å². The minimum absolute atomic E-state index is 0.158. The number of nitrogens with zero attached hydrogens (tertiary/aromatic N) is 1. The van der Waals surface area contributed by atoms with Crippen LogP contribution in [0.2, 0.25) is 0 Å². The van der Waals surface area contributed by atoms with Crippen LogP contribution >= 0.6 is 0 Å². The summed E-state index contributed by atoms with van der Waals surface area (Å²) in [5, 5.41) is 1.68. The SMILES string of the molecule is CCCc1ccc2c(c1)c(=O)c1ccccc1n2CCC. The summed E-state index contributed by atoms with van der Waals surface area (Å²) in [7, 11) is 0. The predicted octanol–water partition coefficient (Wildman–Crippen LogP) is 4.52. The van der Waals surface area contributed by atoms with Crippen LogP contribution in [-0.4, -0.2) is 4.57 Å². The molecule has 0 atom stereocenters. The highest BCUT2D eigenvalue weighted by Gasteiger charge is 2.10. The van der Waals surface area contributed by atoms with Crippen LogP contribution in [0.1, 0.15) is 32.3 Å². The van der Waals surface area contributed by atoms with Gasteiger partial charge < -0.3 is 4.57 Å². The van der Waals surface area contributed by atoms with E-state index in [1.54, 1.807) is 0 Å². The fourth-order valence-corrected chi connectivity index (χ4v) is 3.08. The van der Waals surface area contributed by atoms with Gasteiger partial charge in [0, 0.05) is 17.3 Å². The van der Waals surface area contributed by atoms with Crippen LogP contribution in [0, 0.1) is 0 Å². The molecule has 2 heteroatoms. The third kappa shape index (κ3) is 2.35. The van der Waals surface area contributed by atoms with E-state index in [0.29, 0.717) is 0 Å². The molecule has 0 N–H and O–H groups in total. The molecule has 1 aromatic heterocycles. The Morgan fingerprint density at radius 3 is 2.43 bits per heavy atom. The molecule has 21 heavy (non-hydrogen) atoms. The van der Waals surface area contributed by atoms with E-state index < -0.39 is 0 Å². The highest BCUT2D eigenvalue weighted by Crippen LogP contribution is 2.21. The summed E-state index contributed by atoms with van der Waals surface area (Å²) in [5.74, 6) is 0. The fourth-order valence-electron chi connectivity index (χ4n) is 3.08. The molecule has 2 nitrogen and oxygen atoms in total. The van der Waals surface area contributed by atoms with E-state index >= 15 is 0 Å². The molecule has 3 rings (SSSR count). The number of rotatable bonds is 4. The molecular formula is C19H21NO. The van der Waals surface area contributed by atoms with Gasteiger partial charge in [0.25, 0.3) is 0 Å². The van der Waals surface area contributed by atoms with E-state index in [-0.39, 0.29) is 5.43 Å². The number of para-hydroxylation sites is 1. The van der Waals surface area contributed by atoms with E-state index in [4.69, 9.17) is 0 Å². The topological polar surface area (TPSA) is 22.0 Å². The maximum Gasteiger partial charge on any atom is 0.197 e. The van der Waals surface area contributed by atoms with Crippen molar-refractivity contribution in [1.82, 2.24) is 4.57 Å². The quantitative estimate of drug-likeness (QED) is 0.644. The maximum absolute atomic E-state index is 12.8. The lowest BCUT2D eigenvalue weighted by Gasteiger charge is -2.15. The molecule has 0 aliphatic carbocycles. The first-order chi connectivity index (χ1) is 10.3. The van der Waals surface area contributed by atoms with Crippen molar-refractivity contribution >= 4 is 21.8 Å². The molecule has 0 spiro atoms. The normalized spacial score (nSPS) is 11.3. The second-order valence-corrected chi connectivity index (χ2v) is 5.60. The average Bonchev–Trinajstić information content (AvgIpc) is 2.52. The molecule has 0 unspecified atom stereocenters. The van der Waals surface area contributed by atoms with Crippen molar-refractivity contribution < 1.29 is 0 Å². The molecule has 0 bridgehead atoms. The van der Waals surface area contributed by atoms with Crippen LogP contribution in [-0.2, 0) is 13.0 Å². The van der Waals surface area contributed by atoms with E-state index in [2.05, 4.69) is 36.6 Å². The number of benzene rings is 2. The zero-order valence-corrected chi connectivity index (χ0v) is 12.7. The molecule has 0 radical (unpaired) electrons. The van der Waals surface area contributed by atoms with Crippen molar-refractivity contribution in [3.05, 3.63) is 58.3 Å². The minimum atomic E-state index is 0.158. The Morgan fingerprint density at radius 1 is 0.905 bits per heavy atom. The summed E-state index contributed by atoms with van der Waals surface area (Å²) in [4.78, 5) is 12.8. The monoisotopic (exact) mass is 279 g/mol. The van der Waals surface area contributed by atoms with Crippen molar-refractivity contribution in [2.75, 3.05) is 0 Å². The Kier molecular flexibility index (Phi) is 3.78. The molecule has 2 aromatic carbocycles. The number of hydrogen-bond donors (Lipinski definition) is 0. The van der Waals surface area contributed by atoms with Gasteiger partial charge in [0.05, 0.1) is 11.0 Å². The van der Waals surface area contributed by atoms with Crippen LogP contribution in [0.4, 0.5) is 0 Å². The molecule has 3 aromatic rings. The van der Waals surface area contributed by atoms with E-state index in [9.17, 15) is 4.79 Å². The molecule has 0 saturated carbocycles. The lowest BCUT2D eigenvalue weighted by molar-refractivity contribution is 0.720. The first-order valence-corrected chi connectivity index (χ1v) is 7.80. The largest absolute Gasteiger partial charge is 0.340 e. The van der Waals surface area contributed by atoms with E-state index in [1.165, 1.54) is 5.56 Å². The van der Waals surface area contributed by atoms with Crippen LogP contribution in [0.15, 0.2) is 47.3 Å². The van der Waals surface area contributed by atoms with Crippen LogP contribution in [0.5, 0.6) is 0 Å². The highest BCUT2D eigenvalue weighted by molar-refractivity contribution is 5.93. The molecule has 0 amide bonds. The van der Waals surface area contributed by atoms with Gasteiger partial charge in [-0.1, -0.05) is 38.5 Å². The standard InChI is InChI=1S/C19H21NO/c1-3-7-14-10-11-18-16(13-14)19(21)15-8-5-6-9-17(15)20(18)12-4-2/h5-6,8-11,13H,3-4,7,12H2,1-2H3. The van der Waals surface area contributed by atoms with Gasteiger partial charge in [-0.15, -0.1) is 0 Å². The van der Waals surface area contributed by atoms with Gasteiger partial charge in [0.1, 0.15) is 0 Å². The Bertz CT molecular complexity index is 845. The third-order valence-electron chi connectivity index (χ3n) is 4.02. The summed E-state index contributed by atoms with van der Waals surface area (Å²) in [6.45, 7) is 5.27. The smallest absolute Gasteiger partial charge is 0.197 e. The van der Waals surface area contributed by atoms with Gasteiger partial charge in [-0.25, -0.2) is 0 Å². The van der Waals surface area contributed by atoms with Gasteiger partial charge >= 0.3 is 0 Å².